The zero-order valence-corrected chi connectivity index (χ0v) is 19.3. The van der Waals surface area contributed by atoms with Crippen molar-refractivity contribution in [2.24, 2.45) is 0 Å². The normalized spacial score (nSPS) is 11.5. The van der Waals surface area contributed by atoms with E-state index in [2.05, 4.69) is 57.7 Å². The lowest BCUT2D eigenvalue weighted by molar-refractivity contribution is 0.361. The van der Waals surface area contributed by atoms with E-state index in [4.69, 9.17) is 4.42 Å². The summed E-state index contributed by atoms with van der Waals surface area (Å²) < 4.78 is 5.85. The van der Waals surface area contributed by atoms with Crippen molar-refractivity contribution in [2.75, 3.05) is 43.9 Å². The SMILES string of the molecule is Cc1ccc2c(NCCN(C)CCNc3ccnc4oc5ccccc5c(=O)c34)ccnc2c1. The highest BCUT2D eigenvalue weighted by Crippen LogP contribution is 2.23. The molecule has 0 fully saturated rings. The molecule has 5 rings (SSSR count). The summed E-state index contributed by atoms with van der Waals surface area (Å²) in [5, 5.41) is 9.11. The average Bonchev–Trinajstić information content (AvgIpc) is 2.84. The van der Waals surface area contributed by atoms with Gasteiger partial charge in [0.2, 0.25) is 11.1 Å². The summed E-state index contributed by atoms with van der Waals surface area (Å²) in [6, 6.07) is 17.4. The molecular weight excluding hydrogens is 426 g/mol. The van der Waals surface area contributed by atoms with Crippen LogP contribution in [-0.2, 0) is 0 Å². The van der Waals surface area contributed by atoms with Gasteiger partial charge >= 0.3 is 0 Å². The van der Waals surface area contributed by atoms with E-state index >= 15 is 0 Å². The van der Waals surface area contributed by atoms with Crippen molar-refractivity contribution in [2.45, 2.75) is 6.92 Å². The van der Waals surface area contributed by atoms with Crippen molar-refractivity contribution >= 4 is 44.3 Å². The summed E-state index contributed by atoms with van der Waals surface area (Å²) in [6.45, 7) is 5.28. The Kier molecular flexibility index (Phi) is 6.10. The van der Waals surface area contributed by atoms with Crippen molar-refractivity contribution < 1.29 is 4.42 Å². The summed E-state index contributed by atoms with van der Waals surface area (Å²) in [5.41, 5.74) is 4.89. The van der Waals surface area contributed by atoms with Crippen molar-refractivity contribution in [1.29, 1.82) is 0 Å². The first-order valence-corrected chi connectivity index (χ1v) is 11.4. The topological polar surface area (TPSA) is 83.3 Å². The number of nitrogens with zero attached hydrogens (tertiary/aromatic N) is 3. The molecule has 3 heterocycles. The molecule has 0 aliphatic heterocycles. The van der Waals surface area contributed by atoms with Gasteiger partial charge in [0.1, 0.15) is 11.0 Å². The molecule has 5 aromatic rings. The fourth-order valence-electron chi connectivity index (χ4n) is 4.16. The number of pyridine rings is 2. The van der Waals surface area contributed by atoms with Gasteiger partial charge in [-0.05, 0) is 49.9 Å². The lowest BCUT2D eigenvalue weighted by atomic mass is 10.1. The number of fused-ring (bicyclic) bond motifs is 3. The largest absolute Gasteiger partial charge is 0.437 e. The smallest absolute Gasteiger partial charge is 0.232 e. The quantitative estimate of drug-likeness (QED) is 0.331. The second-order valence-corrected chi connectivity index (χ2v) is 8.50. The summed E-state index contributed by atoms with van der Waals surface area (Å²) in [7, 11) is 2.09. The van der Waals surface area contributed by atoms with E-state index < -0.39 is 0 Å². The molecule has 0 bridgehead atoms. The zero-order chi connectivity index (χ0) is 23.5. The molecule has 3 aromatic heterocycles. The van der Waals surface area contributed by atoms with E-state index in [0.29, 0.717) is 28.6 Å². The van der Waals surface area contributed by atoms with Crippen molar-refractivity contribution in [3.8, 4) is 0 Å². The molecule has 0 amide bonds. The third-order valence-corrected chi connectivity index (χ3v) is 6.00. The van der Waals surface area contributed by atoms with E-state index in [1.807, 2.05) is 30.5 Å². The van der Waals surface area contributed by atoms with Crippen LogP contribution < -0.4 is 16.1 Å². The highest BCUT2D eigenvalue weighted by Gasteiger charge is 2.12. The molecule has 0 unspecified atom stereocenters. The Balaban J connectivity index is 1.20. The molecule has 2 N–H and O–H groups in total. The third-order valence-electron chi connectivity index (χ3n) is 6.00. The van der Waals surface area contributed by atoms with Gasteiger partial charge in [-0.3, -0.25) is 9.78 Å². The van der Waals surface area contributed by atoms with Crippen LogP contribution in [0.4, 0.5) is 11.4 Å². The second kappa shape index (κ2) is 9.49. The number of nitrogens with one attached hydrogen (secondary N) is 2. The molecule has 0 spiro atoms. The molecule has 34 heavy (non-hydrogen) atoms. The van der Waals surface area contributed by atoms with Gasteiger partial charge < -0.3 is 20.0 Å². The van der Waals surface area contributed by atoms with Crippen LogP contribution in [0.15, 0.2) is 76.2 Å². The predicted molar refractivity (Wildman–Crippen MR) is 139 cm³/mol. The fourth-order valence-corrected chi connectivity index (χ4v) is 4.16. The van der Waals surface area contributed by atoms with E-state index in [1.54, 1.807) is 18.3 Å². The number of rotatable bonds is 8. The molecular formula is C27H27N5O2. The maximum atomic E-state index is 13.0. The molecule has 2 aromatic carbocycles. The van der Waals surface area contributed by atoms with Gasteiger partial charge in [0.25, 0.3) is 0 Å². The van der Waals surface area contributed by atoms with Gasteiger partial charge in [0.15, 0.2) is 0 Å². The summed E-state index contributed by atoms with van der Waals surface area (Å²) in [6.07, 6.45) is 3.51. The van der Waals surface area contributed by atoms with Gasteiger partial charge in [-0.1, -0.05) is 24.3 Å². The number of likely N-dealkylation sites (N-methyl/N-ethyl adjacent to an activating group) is 1. The Bertz CT molecular complexity index is 1530. The standard InChI is InChI=1S/C27H27N5O2/c1-18-7-8-19-21(9-11-28-23(19)17-18)29-13-15-32(2)16-14-30-22-10-12-31-27-25(22)26(33)20-5-3-4-6-24(20)34-27/h3-12,17H,13-16H2,1-2H3,(H,28,29)(H,30,31). The Hall–Kier alpha value is -3.97. The van der Waals surface area contributed by atoms with Crippen molar-refractivity contribution in [1.82, 2.24) is 14.9 Å². The molecule has 0 saturated carbocycles. The van der Waals surface area contributed by atoms with Gasteiger partial charge in [-0.15, -0.1) is 0 Å². The number of para-hydroxylation sites is 1. The minimum atomic E-state index is -0.0650. The van der Waals surface area contributed by atoms with Crippen LogP contribution >= 0.6 is 0 Å². The summed E-state index contributed by atoms with van der Waals surface area (Å²) in [4.78, 5) is 24.0. The lowest BCUT2D eigenvalue weighted by Crippen LogP contribution is -2.30. The van der Waals surface area contributed by atoms with Crippen molar-refractivity contribution in [3.05, 3.63) is 82.8 Å². The Morgan fingerprint density at radius 3 is 2.47 bits per heavy atom. The Labute approximate surface area is 197 Å². The molecule has 0 aliphatic carbocycles. The first-order valence-electron chi connectivity index (χ1n) is 11.4. The molecule has 0 radical (unpaired) electrons. The van der Waals surface area contributed by atoms with E-state index in [1.165, 1.54) is 5.56 Å². The Morgan fingerprint density at radius 1 is 0.882 bits per heavy atom. The fraction of sp³-hybridized carbons (Fsp3) is 0.222. The van der Waals surface area contributed by atoms with Crippen LogP contribution in [0, 0.1) is 6.92 Å². The van der Waals surface area contributed by atoms with Crippen LogP contribution in [0.5, 0.6) is 0 Å². The van der Waals surface area contributed by atoms with Crippen molar-refractivity contribution in [3.63, 3.8) is 0 Å². The van der Waals surface area contributed by atoms with E-state index in [9.17, 15) is 4.79 Å². The van der Waals surface area contributed by atoms with Crippen LogP contribution in [0.25, 0.3) is 33.0 Å². The molecule has 172 valence electrons. The highest BCUT2D eigenvalue weighted by molar-refractivity contribution is 5.95. The van der Waals surface area contributed by atoms with Gasteiger partial charge in [-0.2, -0.15) is 0 Å². The lowest BCUT2D eigenvalue weighted by Gasteiger charge is -2.19. The first-order chi connectivity index (χ1) is 16.6. The van der Waals surface area contributed by atoms with Crippen LogP contribution in [0.3, 0.4) is 0 Å². The first kappa shape index (κ1) is 21.9. The zero-order valence-electron chi connectivity index (χ0n) is 19.3. The number of aryl methyl sites for hydroxylation is 1. The summed E-state index contributed by atoms with van der Waals surface area (Å²) >= 11 is 0. The van der Waals surface area contributed by atoms with Crippen LogP contribution in [0.2, 0.25) is 0 Å². The average molecular weight is 454 g/mol. The maximum absolute atomic E-state index is 13.0. The molecule has 7 heteroatoms. The van der Waals surface area contributed by atoms with Crippen LogP contribution in [-0.4, -0.2) is 48.1 Å². The molecule has 0 atom stereocenters. The third kappa shape index (κ3) is 4.43. The molecule has 0 saturated heterocycles. The number of anilines is 2. The minimum Gasteiger partial charge on any atom is -0.437 e. The number of hydrogen-bond donors (Lipinski definition) is 2. The maximum Gasteiger partial charge on any atom is 0.232 e. The molecule has 0 aliphatic rings. The summed E-state index contributed by atoms with van der Waals surface area (Å²) in [5.74, 6) is 0. The van der Waals surface area contributed by atoms with Gasteiger partial charge in [-0.25, -0.2) is 4.98 Å². The predicted octanol–water partition coefficient (Wildman–Crippen LogP) is 4.65. The Morgan fingerprint density at radius 2 is 1.62 bits per heavy atom. The van der Waals surface area contributed by atoms with Gasteiger partial charge in [0.05, 0.1) is 16.6 Å². The number of benzene rings is 2. The van der Waals surface area contributed by atoms with Gasteiger partial charge in [0, 0.05) is 49.6 Å². The molecule has 7 nitrogen and oxygen atoms in total. The van der Waals surface area contributed by atoms with E-state index in [0.717, 1.165) is 41.9 Å². The highest BCUT2D eigenvalue weighted by atomic mass is 16.3. The van der Waals surface area contributed by atoms with E-state index in [-0.39, 0.29) is 5.43 Å². The number of aromatic nitrogens is 2. The number of hydrogen-bond acceptors (Lipinski definition) is 7. The van der Waals surface area contributed by atoms with Crippen LogP contribution in [0.1, 0.15) is 5.56 Å². The monoisotopic (exact) mass is 453 g/mol. The minimum absolute atomic E-state index is 0.0650. The second-order valence-electron chi connectivity index (χ2n) is 8.50.